The maximum absolute atomic E-state index is 11.8. The number of rotatable bonds is 11. The number of aliphatic hydroxyl groups is 1. The molecule has 1 unspecified atom stereocenters. The minimum atomic E-state index is -4.14. The van der Waals surface area contributed by atoms with Gasteiger partial charge in [0.2, 0.25) is 0 Å². The van der Waals surface area contributed by atoms with Crippen LogP contribution in [0.2, 0.25) is 0 Å². The molecule has 1 atom stereocenters. The van der Waals surface area contributed by atoms with Crippen LogP contribution in [-0.2, 0) is 4.74 Å². The second kappa shape index (κ2) is 9.55. The largest absolute Gasteiger partial charge is 0.394 e. The fourth-order valence-corrected chi connectivity index (χ4v) is 1.66. The van der Waals surface area contributed by atoms with Crippen LogP contribution in [0.3, 0.4) is 0 Å². The zero-order valence-corrected chi connectivity index (χ0v) is 11.9. The van der Waals surface area contributed by atoms with Gasteiger partial charge < -0.3 is 15.2 Å². The normalized spacial score (nSPS) is 15.5. The van der Waals surface area contributed by atoms with E-state index in [0.29, 0.717) is 13.0 Å². The third-order valence-corrected chi connectivity index (χ3v) is 2.95. The Balaban J connectivity index is 3.56. The minimum absolute atomic E-state index is 0.0575. The molecule has 0 fully saturated rings. The van der Waals surface area contributed by atoms with E-state index in [9.17, 15) is 18.3 Å². The summed E-state index contributed by atoms with van der Waals surface area (Å²) < 4.78 is 40.4. The van der Waals surface area contributed by atoms with Crippen LogP contribution in [0.15, 0.2) is 0 Å². The number of ether oxygens (including phenoxy) is 1. The van der Waals surface area contributed by atoms with Crippen LogP contribution in [-0.4, -0.2) is 43.2 Å². The van der Waals surface area contributed by atoms with Gasteiger partial charge >= 0.3 is 6.18 Å². The first-order valence-corrected chi connectivity index (χ1v) is 6.83. The van der Waals surface area contributed by atoms with Crippen LogP contribution in [0, 0.1) is 0 Å². The van der Waals surface area contributed by atoms with Gasteiger partial charge in [0.1, 0.15) is 0 Å². The number of alkyl halides is 3. The second-order valence-electron chi connectivity index (χ2n) is 5.08. The molecule has 0 aromatic rings. The number of unbranched alkanes of at least 4 members (excludes halogenated alkanes) is 1. The van der Waals surface area contributed by atoms with Crippen LogP contribution in [0.4, 0.5) is 13.2 Å². The number of aliphatic hydroxyl groups excluding tert-OH is 1. The summed E-state index contributed by atoms with van der Waals surface area (Å²) in [4.78, 5) is 0. The molecule has 6 heteroatoms. The van der Waals surface area contributed by atoms with Crippen LogP contribution in [0.25, 0.3) is 0 Å². The molecule has 0 heterocycles. The smallest absolute Gasteiger partial charge is 0.391 e. The highest BCUT2D eigenvalue weighted by Gasteiger charge is 2.26. The molecule has 0 bridgehead atoms. The van der Waals surface area contributed by atoms with Crippen molar-refractivity contribution in [2.24, 2.45) is 0 Å². The van der Waals surface area contributed by atoms with Crippen molar-refractivity contribution in [3.63, 3.8) is 0 Å². The van der Waals surface area contributed by atoms with Gasteiger partial charge in [0, 0.05) is 12.1 Å². The van der Waals surface area contributed by atoms with Gasteiger partial charge in [-0.1, -0.05) is 6.92 Å². The maximum atomic E-state index is 11.8. The molecule has 0 aliphatic rings. The lowest BCUT2D eigenvalue weighted by molar-refractivity contribution is -0.145. The Labute approximate surface area is 113 Å². The molecule has 0 aromatic carbocycles. The van der Waals surface area contributed by atoms with Crippen molar-refractivity contribution in [3.05, 3.63) is 0 Å². The van der Waals surface area contributed by atoms with Crippen LogP contribution >= 0.6 is 0 Å². The van der Waals surface area contributed by atoms with Crippen LogP contribution in [0.1, 0.15) is 46.0 Å². The zero-order valence-electron chi connectivity index (χ0n) is 11.9. The third kappa shape index (κ3) is 11.2. The Bertz CT molecular complexity index is 224. The summed E-state index contributed by atoms with van der Waals surface area (Å²) in [6.45, 7) is 4.98. The molecule has 0 aromatic heterocycles. The Morgan fingerprint density at radius 3 is 2.32 bits per heavy atom. The summed E-state index contributed by atoms with van der Waals surface area (Å²) in [7, 11) is 0. The fourth-order valence-electron chi connectivity index (χ4n) is 1.66. The van der Waals surface area contributed by atoms with Gasteiger partial charge in [-0.25, -0.2) is 0 Å². The van der Waals surface area contributed by atoms with E-state index in [1.807, 2.05) is 6.92 Å². The molecular weight excluding hydrogens is 259 g/mol. The monoisotopic (exact) mass is 285 g/mol. The highest BCUT2D eigenvalue weighted by Crippen LogP contribution is 2.19. The van der Waals surface area contributed by atoms with Crippen LogP contribution in [0.5, 0.6) is 0 Å². The topological polar surface area (TPSA) is 41.5 Å². The van der Waals surface area contributed by atoms with Gasteiger partial charge in [0.15, 0.2) is 0 Å². The average Bonchev–Trinajstić information content (AvgIpc) is 2.34. The number of halogens is 3. The Hall–Kier alpha value is -0.330. The zero-order chi connectivity index (χ0) is 14.8. The average molecular weight is 285 g/mol. The lowest BCUT2D eigenvalue weighted by Gasteiger charge is -2.28. The van der Waals surface area contributed by atoms with E-state index in [4.69, 9.17) is 4.74 Å². The molecule has 116 valence electrons. The minimum Gasteiger partial charge on any atom is -0.394 e. The van der Waals surface area contributed by atoms with Gasteiger partial charge in [-0.2, -0.15) is 13.2 Å². The molecule has 0 aliphatic heterocycles. The second-order valence-corrected chi connectivity index (χ2v) is 5.08. The fraction of sp³-hybridized carbons (Fsp3) is 1.00. The number of nitrogens with one attached hydrogen (secondary N) is 1. The van der Waals surface area contributed by atoms with Gasteiger partial charge in [0.05, 0.1) is 19.6 Å². The summed E-state index contributed by atoms with van der Waals surface area (Å²) in [5.41, 5.74) is -0.304. The van der Waals surface area contributed by atoms with E-state index in [2.05, 4.69) is 12.2 Å². The van der Waals surface area contributed by atoms with E-state index in [1.165, 1.54) is 0 Å². The van der Waals surface area contributed by atoms with Gasteiger partial charge in [0.25, 0.3) is 0 Å². The third-order valence-electron chi connectivity index (χ3n) is 2.95. The number of hydrogen-bond acceptors (Lipinski definition) is 3. The first-order chi connectivity index (χ1) is 8.83. The molecule has 0 saturated heterocycles. The summed E-state index contributed by atoms with van der Waals surface area (Å²) in [5.74, 6) is 0. The highest BCUT2D eigenvalue weighted by atomic mass is 19.4. The first kappa shape index (κ1) is 18.7. The molecule has 0 radical (unpaired) electrons. The molecule has 0 amide bonds. The molecule has 0 rings (SSSR count). The highest BCUT2D eigenvalue weighted by molar-refractivity contribution is 4.81. The molecule has 2 N–H and O–H groups in total. The maximum Gasteiger partial charge on any atom is 0.391 e. The summed E-state index contributed by atoms with van der Waals surface area (Å²) in [6.07, 6.45) is -1.72. The van der Waals surface area contributed by atoms with Crippen molar-refractivity contribution in [1.82, 2.24) is 5.32 Å². The molecule has 0 aliphatic carbocycles. The van der Waals surface area contributed by atoms with Gasteiger partial charge in [-0.15, -0.1) is 0 Å². The lowest BCUT2D eigenvalue weighted by atomic mass is 9.95. The molecular formula is C13H26F3NO2. The van der Waals surface area contributed by atoms with Gasteiger partial charge in [-0.3, -0.25) is 0 Å². The Morgan fingerprint density at radius 2 is 1.79 bits per heavy atom. The number of hydrogen-bond donors (Lipinski definition) is 2. The summed E-state index contributed by atoms with van der Waals surface area (Å²) in [5, 5.41) is 12.6. The van der Waals surface area contributed by atoms with E-state index in [1.54, 1.807) is 0 Å². The van der Waals surface area contributed by atoms with E-state index in [0.717, 1.165) is 25.8 Å². The lowest BCUT2D eigenvalue weighted by Crippen LogP contribution is -2.46. The van der Waals surface area contributed by atoms with Crippen molar-refractivity contribution in [3.8, 4) is 0 Å². The predicted octanol–water partition coefficient (Wildman–Crippen LogP) is 2.88. The molecule has 19 heavy (non-hydrogen) atoms. The molecule has 0 spiro atoms. The van der Waals surface area contributed by atoms with Crippen molar-refractivity contribution >= 4 is 0 Å². The SMILES string of the molecule is CCCNC(C)(CO)CCCCOCCC(F)(F)F. The summed E-state index contributed by atoms with van der Waals surface area (Å²) in [6, 6.07) is 0. The van der Waals surface area contributed by atoms with Crippen LogP contribution < -0.4 is 5.32 Å². The van der Waals surface area contributed by atoms with E-state index >= 15 is 0 Å². The van der Waals surface area contributed by atoms with E-state index in [-0.39, 0.29) is 18.8 Å². The van der Waals surface area contributed by atoms with E-state index < -0.39 is 12.6 Å². The van der Waals surface area contributed by atoms with Crippen molar-refractivity contribution in [2.75, 3.05) is 26.4 Å². The summed E-state index contributed by atoms with van der Waals surface area (Å²) >= 11 is 0. The Kier molecular flexibility index (Phi) is 9.39. The quantitative estimate of drug-likeness (QED) is 0.574. The van der Waals surface area contributed by atoms with Gasteiger partial charge in [-0.05, 0) is 39.2 Å². The molecule has 3 nitrogen and oxygen atoms in total. The van der Waals surface area contributed by atoms with Crippen molar-refractivity contribution < 1.29 is 23.0 Å². The standard InChI is InChI=1S/C13H26F3NO2/c1-3-8-17-12(2,11-18)6-4-5-9-19-10-7-13(14,15)16/h17-18H,3-11H2,1-2H3. The molecule has 0 saturated carbocycles. The predicted molar refractivity (Wildman–Crippen MR) is 69.1 cm³/mol. The first-order valence-electron chi connectivity index (χ1n) is 6.83. The van der Waals surface area contributed by atoms with Crippen molar-refractivity contribution in [1.29, 1.82) is 0 Å². The van der Waals surface area contributed by atoms with Crippen molar-refractivity contribution in [2.45, 2.75) is 57.7 Å². The Morgan fingerprint density at radius 1 is 1.11 bits per heavy atom.